The largest absolute Gasteiger partial charge is 0.419 e. The summed E-state index contributed by atoms with van der Waals surface area (Å²) in [4.78, 5) is 10.1. The van der Waals surface area contributed by atoms with E-state index in [4.69, 9.17) is 26.2 Å². The number of aliphatic hydroxyl groups excluding tert-OH is 3. The molecule has 0 radical (unpaired) electrons. The summed E-state index contributed by atoms with van der Waals surface area (Å²) in [7, 11) is 0. The molecule has 1 aliphatic rings. The number of aromatic amines is 1. The van der Waals surface area contributed by atoms with Crippen LogP contribution < -0.4 is 5.73 Å². The van der Waals surface area contributed by atoms with Gasteiger partial charge in [-0.1, -0.05) is 71.9 Å². The van der Waals surface area contributed by atoms with Crippen LogP contribution in [0.5, 0.6) is 0 Å². The summed E-state index contributed by atoms with van der Waals surface area (Å²) in [5.41, 5.74) is 9.23. The SMILES string of the molecule is CC.CC.CC(O)C(C)(O)C(F)(F)F.CCC(O)CO.CCc1cc2nc(C)[nH]c2cc1C.NC1CCN(Cc2ccccc2)CC1. The fourth-order valence-electron chi connectivity index (χ4n) is 4.04. The highest BCUT2D eigenvalue weighted by atomic mass is 19.4. The second kappa shape index (κ2) is 24.6. The summed E-state index contributed by atoms with van der Waals surface area (Å²) in [6.07, 6.45) is -3.09. The molecule has 1 saturated heterocycles. The third-order valence-corrected chi connectivity index (χ3v) is 7.39. The molecule has 11 heteroatoms. The van der Waals surface area contributed by atoms with Crippen molar-refractivity contribution in [2.45, 2.75) is 131 Å². The minimum atomic E-state index is -4.78. The molecule has 1 aromatic heterocycles. The van der Waals surface area contributed by atoms with Crippen molar-refractivity contribution in [3.8, 4) is 0 Å². The van der Waals surface area contributed by atoms with Gasteiger partial charge in [-0.2, -0.15) is 13.2 Å². The number of likely N-dealkylation sites (tertiary alicyclic amines) is 1. The molecule has 2 aromatic carbocycles. The highest BCUT2D eigenvalue weighted by Crippen LogP contribution is 2.32. The van der Waals surface area contributed by atoms with Gasteiger partial charge < -0.3 is 31.1 Å². The average Bonchev–Trinajstić information content (AvgIpc) is 3.42. The molecule has 3 unspecified atom stereocenters. The number of imidazole rings is 1. The predicted molar refractivity (Wildman–Crippen MR) is 188 cm³/mol. The van der Waals surface area contributed by atoms with E-state index in [0.29, 0.717) is 19.4 Å². The standard InChI is InChI=1S/C12H18N2.C11H14N2.C5H9F3O2.C4H10O2.2C2H6/c13-12-6-8-14(9-7-12)10-11-4-2-1-3-5-11;1-4-9-6-11-10(5-7(9)2)12-8(3)13-11;1-3(9)4(2,10)5(6,7)8;1-2-4(6)3-5;2*1-2/h1-5,12H,6-10,13H2;5-6H,4H2,1-3H3,(H,12,13);3,9-10H,1-2H3;4-6H,2-3H2,1H3;2*1-2H3. The van der Waals surface area contributed by atoms with Crippen molar-refractivity contribution >= 4 is 11.0 Å². The number of piperidine rings is 1. The number of rotatable bonds is 6. The van der Waals surface area contributed by atoms with E-state index in [-0.39, 0.29) is 6.61 Å². The van der Waals surface area contributed by atoms with Crippen molar-refractivity contribution in [3.05, 3.63) is 65.0 Å². The van der Waals surface area contributed by atoms with Gasteiger partial charge in [0.15, 0.2) is 5.60 Å². The zero-order valence-electron chi connectivity index (χ0n) is 30.3. The van der Waals surface area contributed by atoms with Gasteiger partial charge >= 0.3 is 6.18 Å². The van der Waals surface area contributed by atoms with Crippen LogP contribution in [-0.4, -0.2) is 85.0 Å². The number of aliphatic hydroxyl groups is 4. The van der Waals surface area contributed by atoms with Crippen molar-refractivity contribution in [3.63, 3.8) is 0 Å². The lowest BCUT2D eigenvalue weighted by molar-refractivity contribution is -0.279. The van der Waals surface area contributed by atoms with Crippen molar-refractivity contribution in [2.24, 2.45) is 5.73 Å². The Morgan fingerprint density at radius 1 is 1.00 bits per heavy atom. The van der Waals surface area contributed by atoms with E-state index in [1.807, 2.05) is 41.5 Å². The molecule has 0 saturated carbocycles. The number of nitrogens with two attached hydrogens (primary N) is 1. The van der Waals surface area contributed by atoms with Gasteiger partial charge in [0, 0.05) is 12.6 Å². The third-order valence-electron chi connectivity index (χ3n) is 7.39. The fourth-order valence-corrected chi connectivity index (χ4v) is 4.04. The van der Waals surface area contributed by atoms with Crippen LogP contribution >= 0.6 is 0 Å². The maximum Gasteiger partial charge on any atom is 0.419 e. The second-order valence-electron chi connectivity index (χ2n) is 11.1. The molecular weight excluding hydrogens is 609 g/mol. The van der Waals surface area contributed by atoms with Crippen molar-refractivity contribution in [1.82, 2.24) is 14.9 Å². The summed E-state index contributed by atoms with van der Waals surface area (Å²) >= 11 is 0. The molecule has 3 atom stereocenters. The van der Waals surface area contributed by atoms with E-state index in [1.54, 1.807) is 0 Å². The Hall–Kier alpha value is -2.54. The first-order valence-electron chi connectivity index (χ1n) is 16.8. The molecule has 272 valence electrons. The number of H-pyrrole nitrogens is 1. The smallest absolute Gasteiger partial charge is 0.394 e. The molecule has 1 fully saturated rings. The zero-order chi connectivity index (χ0) is 36.8. The first kappa shape index (κ1) is 46.6. The van der Waals surface area contributed by atoms with Crippen LogP contribution in [0.4, 0.5) is 13.2 Å². The molecule has 8 nitrogen and oxygen atoms in total. The predicted octanol–water partition coefficient (Wildman–Crippen LogP) is 6.83. The molecule has 0 bridgehead atoms. The van der Waals surface area contributed by atoms with Gasteiger partial charge in [0.1, 0.15) is 5.82 Å². The lowest BCUT2D eigenvalue weighted by Gasteiger charge is -2.29. The van der Waals surface area contributed by atoms with Gasteiger partial charge in [0.2, 0.25) is 0 Å². The number of hydrogen-bond donors (Lipinski definition) is 6. The van der Waals surface area contributed by atoms with Crippen molar-refractivity contribution < 1.29 is 33.6 Å². The minimum Gasteiger partial charge on any atom is -0.394 e. The summed E-state index contributed by atoms with van der Waals surface area (Å²) in [6, 6.07) is 15.4. The topological polar surface area (TPSA) is 139 Å². The molecule has 1 aliphatic heterocycles. The van der Waals surface area contributed by atoms with E-state index in [9.17, 15) is 13.2 Å². The Bertz CT molecular complexity index is 1180. The van der Waals surface area contributed by atoms with Crippen LogP contribution in [0.1, 0.15) is 97.2 Å². The van der Waals surface area contributed by atoms with E-state index >= 15 is 0 Å². The Morgan fingerprint density at radius 2 is 1.53 bits per heavy atom. The normalized spacial score (nSPS) is 15.7. The number of aryl methyl sites for hydroxylation is 3. The summed E-state index contributed by atoms with van der Waals surface area (Å²) in [6.45, 7) is 20.8. The molecular formula is C36H63F3N4O4. The van der Waals surface area contributed by atoms with Crippen molar-refractivity contribution in [1.29, 1.82) is 0 Å². The molecule has 47 heavy (non-hydrogen) atoms. The number of benzene rings is 2. The summed E-state index contributed by atoms with van der Waals surface area (Å²) in [5.74, 6) is 0.989. The lowest BCUT2D eigenvalue weighted by Crippen LogP contribution is -2.50. The van der Waals surface area contributed by atoms with E-state index < -0.39 is 24.0 Å². The molecule has 0 aliphatic carbocycles. The third kappa shape index (κ3) is 18.0. The van der Waals surface area contributed by atoms with Crippen LogP contribution in [0.25, 0.3) is 11.0 Å². The van der Waals surface area contributed by atoms with Gasteiger partial charge in [0.05, 0.1) is 29.8 Å². The quantitative estimate of drug-likeness (QED) is 0.169. The maximum atomic E-state index is 11.7. The van der Waals surface area contributed by atoms with Gasteiger partial charge in [0.25, 0.3) is 0 Å². The Balaban J connectivity index is 0. The van der Waals surface area contributed by atoms with Crippen LogP contribution in [0.3, 0.4) is 0 Å². The second-order valence-corrected chi connectivity index (χ2v) is 11.1. The number of fused-ring (bicyclic) bond motifs is 1. The summed E-state index contributed by atoms with van der Waals surface area (Å²) < 4.78 is 35.0. The number of halogens is 3. The van der Waals surface area contributed by atoms with Crippen LogP contribution in [-0.2, 0) is 13.0 Å². The minimum absolute atomic E-state index is 0.115. The molecule has 3 aromatic rings. The zero-order valence-corrected chi connectivity index (χ0v) is 30.3. The van der Waals surface area contributed by atoms with Gasteiger partial charge in [-0.25, -0.2) is 4.98 Å². The van der Waals surface area contributed by atoms with Crippen LogP contribution in [0, 0.1) is 13.8 Å². The highest BCUT2D eigenvalue weighted by molar-refractivity contribution is 5.77. The number of aromatic nitrogens is 2. The molecule has 7 N–H and O–H groups in total. The number of alkyl halides is 3. The molecule has 0 spiro atoms. The lowest BCUT2D eigenvalue weighted by atomic mass is 10.0. The van der Waals surface area contributed by atoms with E-state index in [1.165, 1.54) is 16.7 Å². The van der Waals surface area contributed by atoms with Gasteiger partial charge in [-0.05, 0) is 95.3 Å². The van der Waals surface area contributed by atoms with Gasteiger partial charge in [-0.15, -0.1) is 0 Å². The Labute approximate surface area is 281 Å². The van der Waals surface area contributed by atoms with Crippen molar-refractivity contribution in [2.75, 3.05) is 19.7 Å². The van der Waals surface area contributed by atoms with E-state index in [0.717, 1.165) is 62.7 Å². The van der Waals surface area contributed by atoms with Gasteiger partial charge in [-0.3, -0.25) is 4.90 Å². The first-order chi connectivity index (χ1) is 22.0. The number of hydrogen-bond acceptors (Lipinski definition) is 7. The Morgan fingerprint density at radius 3 is 1.91 bits per heavy atom. The fraction of sp³-hybridized carbons (Fsp3) is 0.639. The molecule has 2 heterocycles. The number of nitrogens with one attached hydrogen (secondary N) is 1. The molecule has 4 rings (SSSR count). The first-order valence-corrected chi connectivity index (χ1v) is 16.8. The summed E-state index contributed by atoms with van der Waals surface area (Å²) in [5, 5.41) is 33.5. The van der Waals surface area contributed by atoms with Crippen LogP contribution in [0.2, 0.25) is 0 Å². The average molecular weight is 673 g/mol. The highest BCUT2D eigenvalue weighted by Gasteiger charge is 2.53. The van der Waals surface area contributed by atoms with E-state index in [2.05, 4.69) is 71.2 Å². The van der Waals surface area contributed by atoms with Crippen LogP contribution in [0.15, 0.2) is 42.5 Å². The maximum absolute atomic E-state index is 11.7. The number of nitrogens with zero attached hydrogens (tertiary/aromatic N) is 2. The monoisotopic (exact) mass is 672 g/mol. The Kier molecular flexibility index (Phi) is 24.4. The molecule has 0 amide bonds.